The van der Waals surface area contributed by atoms with E-state index in [1.54, 1.807) is 0 Å². The molecular weight excluding hydrogens is 274 g/mol. The molecule has 4 heteroatoms. The van der Waals surface area contributed by atoms with Gasteiger partial charge in [0.25, 0.3) is 0 Å². The molecule has 0 heterocycles. The molecule has 0 radical (unpaired) electrons. The summed E-state index contributed by atoms with van der Waals surface area (Å²) < 4.78 is 33.2. The van der Waals surface area contributed by atoms with Crippen molar-refractivity contribution < 1.29 is 18.6 Å². The van der Waals surface area contributed by atoms with Crippen molar-refractivity contribution >= 4 is 0 Å². The van der Waals surface area contributed by atoms with E-state index >= 15 is 0 Å². The summed E-state index contributed by atoms with van der Waals surface area (Å²) in [5.41, 5.74) is -0.636. The van der Waals surface area contributed by atoms with E-state index in [1.165, 1.54) is 0 Å². The summed E-state index contributed by atoms with van der Waals surface area (Å²) in [7, 11) is 0. The van der Waals surface area contributed by atoms with E-state index in [0.717, 1.165) is 31.0 Å². The van der Waals surface area contributed by atoms with Gasteiger partial charge in [-0.1, -0.05) is 13.8 Å². The second-order valence-electron chi connectivity index (χ2n) is 6.73. The molecule has 1 N–H and O–H groups in total. The summed E-state index contributed by atoms with van der Waals surface area (Å²) in [6.45, 7) is 6.65. The molecule has 1 unspecified atom stereocenters. The fourth-order valence-corrected chi connectivity index (χ4v) is 3.14. The van der Waals surface area contributed by atoms with Crippen LogP contribution < -0.4 is 0 Å². The highest BCUT2D eigenvalue weighted by molar-refractivity contribution is 5.24. The Balaban J connectivity index is 2.31. The number of benzene rings is 1. The Bertz CT molecular complexity index is 490. The third-order valence-electron chi connectivity index (χ3n) is 4.63. The lowest BCUT2D eigenvalue weighted by Gasteiger charge is -2.46. The largest absolute Gasteiger partial charge is 0.385 e. The molecule has 21 heavy (non-hydrogen) atoms. The van der Waals surface area contributed by atoms with Crippen LogP contribution in [0.3, 0.4) is 0 Å². The van der Waals surface area contributed by atoms with Crippen LogP contribution >= 0.6 is 0 Å². The third-order valence-corrected chi connectivity index (χ3v) is 4.63. The lowest BCUT2D eigenvalue weighted by atomic mass is 9.68. The fourth-order valence-electron chi connectivity index (χ4n) is 3.14. The highest BCUT2D eigenvalue weighted by Gasteiger charge is 2.45. The van der Waals surface area contributed by atoms with E-state index in [-0.39, 0.29) is 11.0 Å². The van der Waals surface area contributed by atoms with Crippen molar-refractivity contribution in [3.63, 3.8) is 0 Å². The van der Waals surface area contributed by atoms with E-state index in [0.29, 0.717) is 19.4 Å². The zero-order valence-corrected chi connectivity index (χ0v) is 13.0. The minimum atomic E-state index is -1.15. The smallest absolute Gasteiger partial charge is 0.129 e. The molecule has 1 aromatic rings. The molecule has 0 spiro atoms. The Morgan fingerprint density at radius 3 is 2.38 bits per heavy atom. The standard InChI is InChI=1S/C17H24F2O2/c1-4-21-17(9-7-16(2,3)8-10-17)15(20)13-11-12(18)5-6-14(13)19/h5-6,11,15,20H,4,7-10H2,1-3H3. The second kappa shape index (κ2) is 6.01. The quantitative estimate of drug-likeness (QED) is 0.894. The van der Waals surface area contributed by atoms with Gasteiger partial charge < -0.3 is 9.84 Å². The molecule has 1 atom stereocenters. The lowest BCUT2D eigenvalue weighted by Crippen LogP contribution is -2.45. The fraction of sp³-hybridized carbons (Fsp3) is 0.647. The molecule has 0 saturated heterocycles. The Morgan fingerprint density at radius 1 is 1.19 bits per heavy atom. The SMILES string of the molecule is CCOC1(C(O)c2cc(F)ccc2F)CCC(C)(C)CC1. The number of ether oxygens (including phenoxy) is 1. The molecule has 1 aliphatic carbocycles. The van der Waals surface area contributed by atoms with Crippen LogP contribution in [0.25, 0.3) is 0 Å². The Labute approximate surface area is 125 Å². The topological polar surface area (TPSA) is 29.5 Å². The van der Waals surface area contributed by atoms with Gasteiger partial charge in [0.15, 0.2) is 0 Å². The summed E-state index contributed by atoms with van der Waals surface area (Å²) in [5, 5.41) is 10.7. The van der Waals surface area contributed by atoms with Crippen LogP contribution in [0.15, 0.2) is 18.2 Å². The number of rotatable bonds is 4. The van der Waals surface area contributed by atoms with Gasteiger partial charge in [-0.3, -0.25) is 0 Å². The van der Waals surface area contributed by atoms with Crippen LogP contribution in [-0.4, -0.2) is 17.3 Å². The van der Waals surface area contributed by atoms with Gasteiger partial charge in [0.1, 0.15) is 17.7 Å². The monoisotopic (exact) mass is 298 g/mol. The molecule has 0 aliphatic heterocycles. The van der Waals surface area contributed by atoms with Gasteiger partial charge in [0, 0.05) is 12.2 Å². The van der Waals surface area contributed by atoms with Crippen molar-refractivity contribution in [1.82, 2.24) is 0 Å². The molecule has 0 amide bonds. The average Bonchev–Trinajstić information content (AvgIpc) is 2.44. The number of hydrogen-bond acceptors (Lipinski definition) is 2. The third kappa shape index (κ3) is 3.43. The first-order valence-electron chi connectivity index (χ1n) is 7.57. The lowest BCUT2D eigenvalue weighted by molar-refractivity contribution is -0.154. The molecule has 2 nitrogen and oxygen atoms in total. The van der Waals surface area contributed by atoms with E-state index in [2.05, 4.69) is 13.8 Å². The van der Waals surface area contributed by atoms with E-state index in [4.69, 9.17) is 4.74 Å². The van der Waals surface area contributed by atoms with Crippen molar-refractivity contribution in [1.29, 1.82) is 0 Å². The summed E-state index contributed by atoms with van der Waals surface area (Å²) in [4.78, 5) is 0. The average molecular weight is 298 g/mol. The minimum Gasteiger partial charge on any atom is -0.385 e. The molecule has 1 aromatic carbocycles. The maximum absolute atomic E-state index is 14.0. The molecule has 118 valence electrons. The van der Waals surface area contributed by atoms with Gasteiger partial charge in [-0.05, 0) is 56.2 Å². The first kappa shape index (κ1) is 16.4. The van der Waals surface area contributed by atoms with Crippen molar-refractivity contribution in [2.75, 3.05) is 6.61 Å². The van der Waals surface area contributed by atoms with E-state index in [9.17, 15) is 13.9 Å². The van der Waals surface area contributed by atoms with Crippen molar-refractivity contribution in [3.05, 3.63) is 35.4 Å². The van der Waals surface area contributed by atoms with Crippen LogP contribution in [0.2, 0.25) is 0 Å². The second-order valence-corrected chi connectivity index (χ2v) is 6.73. The number of aliphatic hydroxyl groups excluding tert-OH is 1. The molecule has 0 bridgehead atoms. The summed E-state index contributed by atoms with van der Waals surface area (Å²) in [5.74, 6) is -1.14. The van der Waals surface area contributed by atoms with E-state index in [1.807, 2.05) is 6.92 Å². The minimum absolute atomic E-state index is 0.0110. The highest BCUT2D eigenvalue weighted by atomic mass is 19.1. The Hall–Kier alpha value is -1.00. The molecule has 2 rings (SSSR count). The van der Waals surface area contributed by atoms with Crippen molar-refractivity contribution in [2.24, 2.45) is 5.41 Å². The van der Waals surface area contributed by atoms with Crippen LogP contribution in [-0.2, 0) is 4.74 Å². The number of hydrogen-bond donors (Lipinski definition) is 1. The predicted molar refractivity (Wildman–Crippen MR) is 77.9 cm³/mol. The van der Waals surface area contributed by atoms with Crippen molar-refractivity contribution in [3.8, 4) is 0 Å². The number of aliphatic hydroxyl groups is 1. The molecular formula is C17H24F2O2. The van der Waals surface area contributed by atoms with Gasteiger partial charge in [-0.15, -0.1) is 0 Å². The van der Waals surface area contributed by atoms with Gasteiger partial charge in [0.2, 0.25) is 0 Å². The Kier molecular flexibility index (Phi) is 4.69. The summed E-state index contributed by atoms with van der Waals surface area (Å²) in [6.07, 6.45) is 1.92. The van der Waals surface area contributed by atoms with Crippen LogP contribution in [0.5, 0.6) is 0 Å². The molecule has 1 saturated carbocycles. The summed E-state index contributed by atoms with van der Waals surface area (Å²) in [6, 6.07) is 3.18. The highest BCUT2D eigenvalue weighted by Crippen LogP contribution is 2.48. The zero-order chi connectivity index (χ0) is 15.7. The van der Waals surface area contributed by atoms with Crippen LogP contribution in [0.1, 0.15) is 58.1 Å². The molecule has 1 fully saturated rings. The van der Waals surface area contributed by atoms with Crippen molar-refractivity contribution in [2.45, 2.75) is 58.2 Å². The molecule has 0 aromatic heterocycles. The normalized spacial score (nSPS) is 22.0. The zero-order valence-electron chi connectivity index (χ0n) is 13.0. The maximum atomic E-state index is 14.0. The molecule has 1 aliphatic rings. The predicted octanol–water partition coefficient (Wildman–Crippen LogP) is 4.37. The van der Waals surface area contributed by atoms with E-state index < -0.39 is 23.3 Å². The van der Waals surface area contributed by atoms with Crippen LogP contribution in [0, 0.1) is 17.0 Å². The maximum Gasteiger partial charge on any atom is 0.129 e. The van der Waals surface area contributed by atoms with Gasteiger partial charge in [-0.25, -0.2) is 8.78 Å². The first-order chi connectivity index (χ1) is 9.80. The Morgan fingerprint density at radius 2 is 1.81 bits per heavy atom. The number of halogens is 2. The van der Waals surface area contributed by atoms with Gasteiger partial charge in [-0.2, -0.15) is 0 Å². The first-order valence-corrected chi connectivity index (χ1v) is 7.57. The van der Waals surface area contributed by atoms with Crippen LogP contribution in [0.4, 0.5) is 8.78 Å². The summed E-state index contributed by atoms with van der Waals surface area (Å²) >= 11 is 0. The van der Waals surface area contributed by atoms with Gasteiger partial charge >= 0.3 is 0 Å². The van der Waals surface area contributed by atoms with Gasteiger partial charge in [0.05, 0.1) is 5.60 Å².